The molecule has 1 aliphatic rings. The van der Waals surface area contributed by atoms with Crippen LogP contribution in [-0.4, -0.2) is 65.8 Å². The monoisotopic (exact) mass is 664 g/mol. The highest BCUT2D eigenvalue weighted by atomic mass is 28.4. The normalized spacial score (nSPS) is 15.2. The van der Waals surface area contributed by atoms with Crippen LogP contribution in [0.4, 0.5) is 10.5 Å². The summed E-state index contributed by atoms with van der Waals surface area (Å²) in [6.07, 6.45) is 2.34. The third-order valence-corrected chi connectivity index (χ3v) is 13.4. The van der Waals surface area contributed by atoms with Crippen molar-refractivity contribution in [1.29, 1.82) is 0 Å². The average Bonchev–Trinajstić information content (AvgIpc) is 3.02. The van der Waals surface area contributed by atoms with Gasteiger partial charge in [0.25, 0.3) is 11.5 Å². The van der Waals surface area contributed by atoms with Gasteiger partial charge in [-0.1, -0.05) is 57.2 Å². The number of carboxylic acid groups (broad SMARTS) is 1. The molecule has 47 heavy (non-hydrogen) atoms. The van der Waals surface area contributed by atoms with E-state index in [1.165, 1.54) is 37.1 Å². The molecule has 1 unspecified atom stereocenters. The Balaban J connectivity index is 1.76. The predicted octanol–water partition coefficient (Wildman–Crippen LogP) is 5.08. The van der Waals surface area contributed by atoms with E-state index in [9.17, 15) is 24.3 Å². The SMILES string of the molecule is COc1cc(C(=O)N2CCC(c3cn(C)c(=O)n(C)c3=O)=CC2CO[Si](C)(C)C(C)(C)C)c(NC(=O)O)cc1OCc1ccccc1. The Bertz CT molecular complexity index is 1790. The smallest absolute Gasteiger partial charge is 0.409 e. The first-order valence-electron chi connectivity index (χ1n) is 15.4. The van der Waals surface area contributed by atoms with Crippen LogP contribution in [0.5, 0.6) is 11.5 Å². The number of hydrogen-bond acceptors (Lipinski definition) is 7. The van der Waals surface area contributed by atoms with Crippen LogP contribution in [0.2, 0.25) is 18.1 Å². The summed E-state index contributed by atoms with van der Waals surface area (Å²) in [4.78, 5) is 53.3. The standard InChI is InChI=1S/C34H44N4O8Si/c1-34(2,3)47(7,8)46-21-24-16-23(26-19-36(4)33(43)37(5)30(26)39)14-15-38(24)31(40)25-17-28(44-6)29(18-27(25)35-32(41)42)45-20-22-12-10-9-11-13-22/h9-13,16-19,24,35H,14-15,20-21H2,1-8H3,(H,41,42). The summed E-state index contributed by atoms with van der Waals surface area (Å²) < 4.78 is 20.6. The van der Waals surface area contributed by atoms with E-state index in [4.69, 9.17) is 13.9 Å². The van der Waals surface area contributed by atoms with Gasteiger partial charge in [0.15, 0.2) is 19.8 Å². The molecule has 0 aliphatic carbocycles. The molecule has 0 radical (unpaired) electrons. The van der Waals surface area contributed by atoms with Gasteiger partial charge in [-0.05, 0) is 41.8 Å². The van der Waals surface area contributed by atoms with Gasteiger partial charge in [0.1, 0.15) is 6.61 Å². The van der Waals surface area contributed by atoms with E-state index >= 15 is 0 Å². The number of hydrogen-bond donors (Lipinski definition) is 2. The van der Waals surface area contributed by atoms with Crippen molar-refractivity contribution in [2.24, 2.45) is 14.1 Å². The second-order valence-electron chi connectivity index (χ2n) is 13.1. The largest absolute Gasteiger partial charge is 0.493 e. The molecule has 2 amide bonds. The Morgan fingerprint density at radius 2 is 1.74 bits per heavy atom. The Hall–Kier alpha value is -4.62. The number of nitrogens with one attached hydrogen (secondary N) is 1. The Morgan fingerprint density at radius 3 is 2.36 bits per heavy atom. The highest BCUT2D eigenvalue weighted by molar-refractivity contribution is 6.74. The van der Waals surface area contributed by atoms with Crippen molar-refractivity contribution in [1.82, 2.24) is 14.0 Å². The van der Waals surface area contributed by atoms with Gasteiger partial charge in [-0.2, -0.15) is 0 Å². The molecule has 0 saturated heterocycles. The maximum absolute atomic E-state index is 14.4. The van der Waals surface area contributed by atoms with Crippen LogP contribution in [-0.2, 0) is 25.1 Å². The molecule has 0 saturated carbocycles. The lowest BCUT2D eigenvalue weighted by atomic mass is 9.96. The zero-order valence-corrected chi connectivity index (χ0v) is 29.2. The lowest BCUT2D eigenvalue weighted by Gasteiger charge is -2.40. The number of methoxy groups -OCH3 is 1. The number of nitrogens with zero attached hydrogens (tertiary/aromatic N) is 3. The second-order valence-corrected chi connectivity index (χ2v) is 17.9. The predicted molar refractivity (Wildman–Crippen MR) is 183 cm³/mol. The summed E-state index contributed by atoms with van der Waals surface area (Å²) in [7, 11) is 2.20. The molecule has 0 fully saturated rings. The molecule has 1 aliphatic heterocycles. The molecule has 0 bridgehead atoms. The molecule has 0 spiro atoms. The summed E-state index contributed by atoms with van der Waals surface area (Å²) in [5.74, 6) is 0.0752. The summed E-state index contributed by atoms with van der Waals surface area (Å²) in [6.45, 7) is 11.2. The number of rotatable bonds is 10. The van der Waals surface area contributed by atoms with Gasteiger partial charge in [0.05, 0.1) is 36.6 Å². The van der Waals surface area contributed by atoms with Crippen LogP contribution in [0.25, 0.3) is 5.57 Å². The molecule has 3 aromatic rings. The first kappa shape index (κ1) is 35.2. The van der Waals surface area contributed by atoms with Gasteiger partial charge in [-0.15, -0.1) is 0 Å². The fourth-order valence-electron chi connectivity index (χ4n) is 5.08. The molecule has 252 valence electrons. The fraction of sp³-hybridized carbons (Fsp3) is 0.412. The molecule has 12 nitrogen and oxygen atoms in total. The van der Waals surface area contributed by atoms with E-state index in [2.05, 4.69) is 39.2 Å². The number of amides is 2. The van der Waals surface area contributed by atoms with Crippen LogP contribution < -0.4 is 26.0 Å². The molecular weight excluding hydrogens is 620 g/mol. The van der Waals surface area contributed by atoms with E-state index in [0.29, 0.717) is 17.6 Å². The van der Waals surface area contributed by atoms with E-state index in [0.717, 1.165) is 10.1 Å². The molecule has 2 aromatic carbocycles. The molecule has 1 aromatic heterocycles. The molecule has 1 atom stereocenters. The molecule has 2 N–H and O–H groups in total. The maximum Gasteiger partial charge on any atom is 0.409 e. The van der Waals surface area contributed by atoms with Crippen molar-refractivity contribution in [3.8, 4) is 11.5 Å². The number of carbonyl (C=O) groups is 2. The maximum atomic E-state index is 14.4. The van der Waals surface area contributed by atoms with Crippen LogP contribution in [0.3, 0.4) is 0 Å². The number of carbonyl (C=O) groups excluding carboxylic acids is 1. The number of aromatic nitrogens is 2. The first-order valence-corrected chi connectivity index (χ1v) is 18.3. The highest BCUT2D eigenvalue weighted by Gasteiger charge is 2.39. The van der Waals surface area contributed by atoms with Crippen molar-refractivity contribution in [3.63, 3.8) is 0 Å². The van der Waals surface area contributed by atoms with Crippen molar-refractivity contribution in [2.45, 2.75) is 58.0 Å². The van der Waals surface area contributed by atoms with Gasteiger partial charge < -0.3 is 28.5 Å². The van der Waals surface area contributed by atoms with Gasteiger partial charge >= 0.3 is 11.8 Å². The van der Waals surface area contributed by atoms with Crippen molar-refractivity contribution in [3.05, 3.63) is 92.3 Å². The van der Waals surface area contributed by atoms with E-state index in [1.807, 2.05) is 36.4 Å². The van der Waals surface area contributed by atoms with Gasteiger partial charge in [-0.3, -0.25) is 19.5 Å². The lowest BCUT2D eigenvalue weighted by molar-refractivity contribution is 0.0654. The minimum atomic E-state index is -2.27. The average molecular weight is 665 g/mol. The molecule has 2 heterocycles. The second kappa shape index (κ2) is 14.0. The van der Waals surface area contributed by atoms with E-state index < -0.39 is 37.6 Å². The number of benzene rings is 2. The van der Waals surface area contributed by atoms with Crippen molar-refractivity contribution >= 4 is 31.6 Å². The minimum Gasteiger partial charge on any atom is -0.493 e. The molecule has 4 rings (SSSR count). The lowest BCUT2D eigenvalue weighted by Crippen LogP contribution is -2.49. The van der Waals surface area contributed by atoms with E-state index in [-0.39, 0.29) is 47.5 Å². The minimum absolute atomic E-state index is 0.0390. The van der Waals surface area contributed by atoms with E-state index in [1.54, 1.807) is 11.9 Å². The number of aryl methyl sites for hydroxylation is 1. The quantitative estimate of drug-likeness (QED) is 0.286. The summed E-state index contributed by atoms with van der Waals surface area (Å²) in [6, 6.07) is 11.8. The third-order valence-electron chi connectivity index (χ3n) is 8.90. The number of ether oxygens (including phenoxy) is 2. The Morgan fingerprint density at radius 1 is 1.06 bits per heavy atom. The Labute approximate surface area is 275 Å². The molecule has 13 heteroatoms. The zero-order valence-electron chi connectivity index (χ0n) is 28.2. The van der Waals surface area contributed by atoms with Gasteiger partial charge in [0.2, 0.25) is 0 Å². The van der Waals surface area contributed by atoms with Crippen LogP contribution in [0.1, 0.15) is 48.7 Å². The summed E-state index contributed by atoms with van der Waals surface area (Å²) >= 11 is 0. The van der Waals surface area contributed by atoms with Crippen molar-refractivity contribution < 1.29 is 28.6 Å². The Kier molecular flexibility index (Phi) is 10.5. The van der Waals surface area contributed by atoms with Crippen LogP contribution in [0.15, 0.2) is 64.3 Å². The number of anilines is 1. The van der Waals surface area contributed by atoms with Crippen LogP contribution in [0, 0.1) is 0 Å². The third kappa shape index (κ3) is 7.85. The summed E-state index contributed by atoms with van der Waals surface area (Å²) in [5.41, 5.74) is 1.21. The summed E-state index contributed by atoms with van der Waals surface area (Å²) in [5, 5.41) is 11.9. The van der Waals surface area contributed by atoms with Crippen molar-refractivity contribution in [2.75, 3.05) is 25.6 Å². The first-order chi connectivity index (χ1) is 22.0. The molecular formula is C34H44N4O8Si. The van der Waals surface area contributed by atoms with Gasteiger partial charge in [0, 0.05) is 32.9 Å². The topological polar surface area (TPSA) is 141 Å². The zero-order chi connectivity index (χ0) is 34.7. The van der Waals surface area contributed by atoms with Gasteiger partial charge in [-0.25, -0.2) is 9.59 Å². The highest BCUT2D eigenvalue weighted by Crippen LogP contribution is 2.38. The van der Waals surface area contributed by atoms with Crippen LogP contribution >= 0.6 is 0 Å². The fourth-order valence-corrected chi connectivity index (χ4v) is 6.10.